The van der Waals surface area contributed by atoms with Crippen molar-refractivity contribution in [3.05, 3.63) is 32.4 Å². The molecule has 0 saturated heterocycles. The normalized spacial score (nSPS) is 12.4. The third-order valence-electron chi connectivity index (χ3n) is 2.61. The summed E-state index contributed by atoms with van der Waals surface area (Å²) in [7, 11) is 0. The molecule has 0 radical (unpaired) electrons. The van der Waals surface area contributed by atoms with Crippen LogP contribution in [-0.4, -0.2) is 20.7 Å². The number of hydrogen-bond acceptors (Lipinski definition) is 4. The van der Waals surface area contributed by atoms with Gasteiger partial charge in [-0.15, -0.1) is 11.3 Å². The molecule has 7 heteroatoms. The van der Waals surface area contributed by atoms with E-state index < -0.39 is 0 Å². The lowest BCUT2D eigenvalue weighted by atomic mass is 10.3. The van der Waals surface area contributed by atoms with E-state index in [0.717, 1.165) is 16.4 Å². The van der Waals surface area contributed by atoms with Gasteiger partial charge in [0.1, 0.15) is 5.01 Å². The van der Waals surface area contributed by atoms with Crippen LogP contribution in [0.5, 0.6) is 0 Å². The van der Waals surface area contributed by atoms with Gasteiger partial charge in [0.25, 0.3) is 5.91 Å². The molecule has 0 spiro atoms. The summed E-state index contributed by atoms with van der Waals surface area (Å²) in [5.74, 6) is -0.195. The summed E-state index contributed by atoms with van der Waals surface area (Å²) in [4.78, 5) is 17.5. The van der Waals surface area contributed by atoms with Crippen LogP contribution in [0.1, 0.15) is 40.3 Å². The van der Waals surface area contributed by atoms with Crippen LogP contribution < -0.4 is 5.32 Å². The van der Waals surface area contributed by atoms with Crippen LogP contribution in [0.3, 0.4) is 0 Å². The van der Waals surface area contributed by atoms with Gasteiger partial charge in [-0.05, 0) is 36.7 Å². The van der Waals surface area contributed by atoms with E-state index in [9.17, 15) is 4.79 Å². The Hall–Kier alpha value is -1.21. The van der Waals surface area contributed by atoms with Crippen LogP contribution in [0.4, 0.5) is 0 Å². The molecule has 2 aromatic rings. The second kappa shape index (κ2) is 5.83. The molecule has 2 rings (SSSR count). The van der Waals surface area contributed by atoms with Gasteiger partial charge in [-0.3, -0.25) is 9.48 Å². The number of aromatic nitrogens is 3. The Morgan fingerprint density at radius 2 is 2.37 bits per heavy atom. The lowest BCUT2D eigenvalue weighted by molar-refractivity contribution is 0.0933. The van der Waals surface area contributed by atoms with Crippen molar-refractivity contribution >= 4 is 33.2 Å². The molecule has 0 aromatic carbocycles. The molecule has 2 aromatic heterocycles. The third-order valence-corrected chi connectivity index (χ3v) is 4.29. The molecule has 0 fully saturated rings. The molecular weight excluding hydrogens is 328 g/mol. The SMILES string of the molecule is CCn1cc(Br)c(C(=O)N[C@@H](C)c2ncc(C)s2)n1. The van der Waals surface area contributed by atoms with Crippen LogP contribution in [0.25, 0.3) is 0 Å². The Bertz CT molecular complexity index is 592. The Balaban J connectivity index is 2.10. The fourth-order valence-corrected chi connectivity index (χ4v) is 2.88. The molecule has 2 heterocycles. The number of halogens is 1. The van der Waals surface area contributed by atoms with Gasteiger partial charge in [-0.25, -0.2) is 4.98 Å². The van der Waals surface area contributed by atoms with Gasteiger partial charge in [-0.2, -0.15) is 5.10 Å². The molecule has 1 amide bonds. The van der Waals surface area contributed by atoms with Crippen LogP contribution in [0.15, 0.2) is 16.9 Å². The maximum absolute atomic E-state index is 12.1. The van der Waals surface area contributed by atoms with Crippen LogP contribution in [0, 0.1) is 6.92 Å². The quantitative estimate of drug-likeness (QED) is 0.929. The molecule has 0 unspecified atom stereocenters. The first-order valence-corrected chi connectivity index (χ1v) is 7.58. The maximum atomic E-state index is 12.1. The van der Waals surface area contributed by atoms with E-state index in [1.807, 2.05) is 27.0 Å². The first-order chi connectivity index (χ1) is 9.01. The first-order valence-electron chi connectivity index (χ1n) is 5.97. The fourth-order valence-electron chi connectivity index (χ4n) is 1.61. The highest BCUT2D eigenvalue weighted by molar-refractivity contribution is 9.10. The largest absolute Gasteiger partial charge is 0.342 e. The summed E-state index contributed by atoms with van der Waals surface area (Å²) < 4.78 is 2.42. The Kier molecular flexibility index (Phi) is 4.36. The topological polar surface area (TPSA) is 59.8 Å². The van der Waals surface area contributed by atoms with Gasteiger partial charge in [0, 0.05) is 23.8 Å². The van der Waals surface area contributed by atoms with Crippen molar-refractivity contribution in [2.75, 3.05) is 0 Å². The number of nitrogens with zero attached hydrogens (tertiary/aromatic N) is 3. The van der Waals surface area contributed by atoms with Crippen molar-refractivity contribution in [1.29, 1.82) is 0 Å². The maximum Gasteiger partial charge on any atom is 0.273 e. The third kappa shape index (κ3) is 3.22. The molecule has 0 saturated carbocycles. The van der Waals surface area contributed by atoms with Crippen molar-refractivity contribution in [2.45, 2.75) is 33.4 Å². The predicted molar refractivity (Wildman–Crippen MR) is 78.3 cm³/mol. The minimum atomic E-state index is -0.195. The first kappa shape index (κ1) is 14.2. The molecular formula is C12H15BrN4OS. The van der Waals surface area contributed by atoms with Crippen molar-refractivity contribution < 1.29 is 4.79 Å². The zero-order chi connectivity index (χ0) is 14.0. The lowest BCUT2D eigenvalue weighted by Crippen LogP contribution is -2.27. The van der Waals surface area contributed by atoms with Crippen molar-refractivity contribution in [3.8, 4) is 0 Å². The molecule has 0 bridgehead atoms. The van der Waals surface area contributed by atoms with Crippen LogP contribution >= 0.6 is 27.3 Å². The number of carbonyl (C=O) groups excluding carboxylic acids is 1. The molecule has 102 valence electrons. The highest BCUT2D eigenvalue weighted by Crippen LogP contribution is 2.20. The van der Waals surface area contributed by atoms with E-state index >= 15 is 0 Å². The van der Waals surface area contributed by atoms with Gasteiger partial charge in [-0.1, -0.05) is 0 Å². The van der Waals surface area contributed by atoms with Crippen molar-refractivity contribution in [3.63, 3.8) is 0 Å². The van der Waals surface area contributed by atoms with E-state index in [4.69, 9.17) is 0 Å². The minimum absolute atomic E-state index is 0.120. The smallest absolute Gasteiger partial charge is 0.273 e. The van der Waals surface area contributed by atoms with Gasteiger partial charge in [0.2, 0.25) is 0 Å². The fraction of sp³-hybridized carbons (Fsp3) is 0.417. The van der Waals surface area contributed by atoms with Gasteiger partial charge in [0.15, 0.2) is 5.69 Å². The predicted octanol–water partition coefficient (Wildman–Crippen LogP) is 2.92. The lowest BCUT2D eigenvalue weighted by Gasteiger charge is -2.09. The summed E-state index contributed by atoms with van der Waals surface area (Å²) in [5.41, 5.74) is 0.405. The van der Waals surface area contributed by atoms with Gasteiger partial charge in [0.05, 0.1) is 10.5 Å². The summed E-state index contributed by atoms with van der Waals surface area (Å²) in [6.45, 7) is 6.62. The molecule has 19 heavy (non-hydrogen) atoms. The Morgan fingerprint density at radius 1 is 1.63 bits per heavy atom. The summed E-state index contributed by atoms with van der Waals surface area (Å²) in [5, 5.41) is 8.03. The number of rotatable bonds is 4. The van der Waals surface area contributed by atoms with E-state index in [-0.39, 0.29) is 11.9 Å². The van der Waals surface area contributed by atoms with Crippen molar-refractivity contribution in [2.24, 2.45) is 0 Å². The van der Waals surface area contributed by atoms with Gasteiger partial charge < -0.3 is 5.32 Å². The van der Waals surface area contributed by atoms with Gasteiger partial charge >= 0.3 is 0 Å². The molecule has 0 aliphatic heterocycles. The van der Waals surface area contributed by atoms with E-state index in [0.29, 0.717) is 10.2 Å². The zero-order valence-electron chi connectivity index (χ0n) is 11.0. The average molecular weight is 343 g/mol. The Morgan fingerprint density at radius 3 is 2.89 bits per heavy atom. The molecule has 1 N–H and O–H groups in total. The Labute approximate surface area is 124 Å². The number of aryl methyl sites for hydroxylation is 2. The van der Waals surface area contributed by atoms with E-state index in [1.165, 1.54) is 0 Å². The highest BCUT2D eigenvalue weighted by atomic mass is 79.9. The molecule has 5 nitrogen and oxygen atoms in total. The highest BCUT2D eigenvalue weighted by Gasteiger charge is 2.18. The summed E-state index contributed by atoms with van der Waals surface area (Å²) >= 11 is 4.94. The molecule has 0 aliphatic rings. The minimum Gasteiger partial charge on any atom is -0.342 e. The monoisotopic (exact) mass is 342 g/mol. The second-order valence-corrected chi connectivity index (χ2v) is 6.31. The number of nitrogens with one attached hydrogen (secondary N) is 1. The molecule has 1 atom stereocenters. The summed E-state index contributed by atoms with van der Waals surface area (Å²) in [6.07, 6.45) is 3.61. The van der Waals surface area contributed by atoms with E-state index in [2.05, 4.69) is 31.3 Å². The van der Waals surface area contributed by atoms with Crippen LogP contribution in [-0.2, 0) is 6.54 Å². The second-order valence-electron chi connectivity index (χ2n) is 4.19. The summed E-state index contributed by atoms with van der Waals surface area (Å²) in [6, 6.07) is -0.120. The van der Waals surface area contributed by atoms with Crippen molar-refractivity contribution in [1.82, 2.24) is 20.1 Å². The zero-order valence-corrected chi connectivity index (χ0v) is 13.4. The number of hydrogen-bond donors (Lipinski definition) is 1. The average Bonchev–Trinajstić information content (AvgIpc) is 2.95. The standard InChI is InChI=1S/C12H15BrN4OS/c1-4-17-6-9(13)10(16-17)11(18)15-8(3)12-14-5-7(2)19-12/h5-6,8H,4H2,1-3H3,(H,15,18)/t8-/m0/s1. The number of amides is 1. The van der Waals surface area contributed by atoms with E-state index in [1.54, 1.807) is 22.2 Å². The number of thiazole rings is 1. The number of carbonyl (C=O) groups is 1. The van der Waals surface area contributed by atoms with Crippen LogP contribution in [0.2, 0.25) is 0 Å². The molecule has 0 aliphatic carbocycles.